The molecule has 0 unspecified atom stereocenters. The van der Waals surface area contributed by atoms with Gasteiger partial charge in [-0.1, -0.05) is 250 Å². The second-order valence-electron chi connectivity index (χ2n) is 22.3. The van der Waals surface area contributed by atoms with Crippen LogP contribution in [0, 0.1) is 5.41 Å². The first-order chi connectivity index (χ1) is 42.5. The molecule has 10 aromatic carbocycles. The molecule has 0 saturated heterocycles. The maximum Gasteiger partial charge on any atom is 0.144 e. The molecule has 1 saturated carbocycles. The van der Waals surface area contributed by atoms with Crippen LogP contribution in [0.2, 0.25) is 0 Å². The van der Waals surface area contributed by atoms with Gasteiger partial charge >= 0.3 is 0 Å². The molecule has 414 valence electrons. The van der Waals surface area contributed by atoms with Gasteiger partial charge in [-0.25, -0.2) is 14.0 Å². The van der Waals surface area contributed by atoms with E-state index in [0.29, 0.717) is 5.71 Å². The molecule has 3 N–H and O–H groups in total. The molecule has 0 spiro atoms. The Kier molecular flexibility index (Phi) is 14.7. The Balaban J connectivity index is 1.04. The summed E-state index contributed by atoms with van der Waals surface area (Å²) in [6, 6.07) is 105. The molecule has 8 nitrogen and oxygen atoms in total. The van der Waals surface area contributed by atoms with Crippen LogP contribution in [0.5, 0.6) is 0 Å². The summed E-state index contributed by atoms with van der Waals surface area (Å²) < 4.78 is 6.46. The lowest BCUT2D eigenvalue weighted by Gasteiger charge is -2.39. The molecular formula is C78H63N8+. The van der Waals surface area contributed by atoms with E-state index in [1.807, 2.05) is 42.5 Å². The smallest absolute Gasteiger partial charge is 0.144 e. The van der Waals surface area contributed by atoms with Crippen molar-refractivity contribution in [1.82, 2.24) is 29.3 Å². The highest BCUT2D eigenvalue weighted by Gasteiger charge is 2.38. The first kappa shape index (κ1) is 53.2. The van der Waals surface area contributed by atoms with Gasteiger partial charge in [-0.05, 0) is 84.1 Å². The normalized spacial score (nSPS) is 13.1. The van der Waals surface area contributed by atoms with E-state index < -0.39 is 5.41 Å². The number of nitrogens with one attached hydrogen (secondary N) is 1. The summed E-state index contributed by atoms with van der Waals surface area (Å²) in [6.07, 6.45) is 7.01. The summed E-state index contributed by atoms with van der Waals surface area (Å²) in [6.45, 7) is 0. The SMILES string of the molecule is N=C(C=C([NH2+]c1cc(-n2nc(-c3ccccc3)cc2-c2ccccc2)cc(C2(c3cc(-n4nc(-c5ccccc5)cc4-c4ccccc4)cc(-n4nc(-c5ccccc5)cc4-c4ccccc4)c3)CCCCC2)c1)c1ccccc1)c1ccccc1. The summed E-state index contributed by atoms with van der Waals surface area (Å²) in [4.78, 5) is 0. The lowest BCUT2D eigenvalue weighted by atomic mass is 9.65. The largest absolute Gasteiger partial charge is 0.300 e. The Morgan fingerprint density at radius 1 is 0.349 bits per heavy atom. The van der Waals surface area contributed by atoms with Crippen LogP contribution in [0.1, 0.15) is 54.4 Å². The van der Waals surface area contributed by atoms with Gasteiger partial charge < -0.3 is 5.41 Å². The summed E-state index contributed by atoms with van der Waals surface area (Å²) in [5.41, 5.74) is 20.8. The maximum atomic E-state index is 9.50. The lowest BCUT2D eigenvalue weighted by molar-refractivity contribution is -0.469. The predicted octanol–water partition coefficient (Wildman–Crippen LogP) is 17.8. The highest BCUT2D eigenvalue weighted by molar-refractivity contribution is 6.09. The molecule has 3 heterocycles. The third-order valence-electron chi connectivity index (χ3n) is 16.7. The van der Waals surface area contributed by atoms with Crippen LogP contribution in [-0.4, -0.2) is 35.1 Å². The maximum absolute atomic E-state index is 9.50. The van der Waals surface area contributed by atoms with Crippen LogP contribution in [0.3, 0.4) is 0 Å². The van der Waals surface area contributed by atoms with E-state index in [2.05, 4.69) is 280 Å². The molecule has 13 aromatic rings. The topological polar surface area (TPSA) is 93.9 Å². The molecular weight excluding hydrogens is 1050 g/mol. The fourth-order valence-electron chi connectivity index (χ4n) is 12.4. The van der Waals surface area contributed by atoms with Gasteiger partial charge in [0.05, 0.1) is 56.9 Å². The molecule has 86 heavy (non-hydrogen) atoms. The van der Waals surface area contributed by atoms with Crippen LogP contribution in [0.4, 0.5) is 5.69 Å². The molecule has 1 aliphatic rings. The number of aromatic nitrogens is 6. The van der Waals surface area contributed by atoms with Gasteiger partial charge in [-0.15, -0.1) is 0 Å². The van der Waals surface area contributed by atoms with E-state index in [1.54, 1.807) is 0 Å². The molecule has 1 fully saturated rings. The second-order valence-corrected chi connectivity index (χ2v) is 22.3. The van der Waals surface area contributed by atoms with Crippen molar-refractivity contribution >= 4 is 17.1 Å². The Morgan fingerprint density at radius 3 is 1.06 bits per heavy atom. The Morgan fingerprint density at radius 2 is 0.674 bits per heavy atom. The van der Waals surface area contributed by atoms with Gasteiger partial charge in [0.2, 0.25) is 0 Å². The molecule has 0 aliphatic heterocycles. The molecule has 8 heteroatoms. The zero-order valence-corrected chi connectivity index (χ0v) is 47.7. The number of hydrogen-bond acceptors (Lipinski definition) is 4. The van der Waals surface area contributed by atoms with Crippen molar-refractivity contribution in [2.75, 3.05) is 0 Å². The van der Waals surface area contributed by atoms with E-state index in [4.69, 9.17) is 15.3 Å². The minimum Gasteiger partial charge on any atom is -0.300 e. The molecule has 0 radical (unpaired) electrons. The van der Waals surface area contributed by atoms with Crippen LogP contribution >= 0.6 is 0 Å². The predicted molar refractivity (Wildman–Crippen MR) is 350 cm³/mol. The second kappa shape index (κ2) is 23.8. The van der Waals surface area contributed by atoms with Gasteiger partial charge in [0.25, 0.3) is 0 Å². The minimum atomic E-state index is -0.512. The molecule has 0 amide bonds. The van der Waals surface area contributed by atoms with E-state index in [-0.39, 0.29) is 0 Å². The number of rotatable bonds is 16. The van der Waals surface area contributed by atoms with Gasteiger partial charge in [0, 0.05) is 62.6 Å². The highest BCUT2D eigenvalue weighted by atomic mass is 15.3. The highest BCUT2D eigenvalue weighted by Crippen LogP contribution is 2.48. The van der Waals surface area contributed by atoms with Crippen molar-refractivity contribution in [3.63, 3.8) is 0 Å². The first-order valence-electron chi connectivity index (χ1n) is 29.7. The van der Waals surface area contributed by atoms with E-state index in [1.165, 1.54) is 11.1 Å². The van der Waals surface area contributed by atoms with Gasteiger partial charge in [-0.2, -0.15) is 15.3 Å². The van der Waals surface area contributed by atoms with E-state index in [9.17, 15) is 5.41 Å². The number of nitrogens with two attached hydrogens (primary N) is 1. The molecule has 0 bridgehead atoms. The first-order valence-corrected chi connectivity index (χ1v) is 29.7. The number of hydrogen-bond donors (Lipinski definition) is 2. The molecule has 3 aromatic heterocycles. The summed E-state index contributed by atoms with van der Waals surface area (Å²) in [5.74, 6) is 0. The van der Waals surface area contributed by atoms with Crippen molar-refractivity contribution in [3.05, 3.63) is 326 Å². The quantitative estimate of drug-likeness (QED) is 0.0745. The number of allylic oxidation sites excluding steroid dienone is 1. The number of quaternary nitrogens is 1. The van der Waals surface area contributed by atoms with Crippen LogP contribution in [-0.2, 0) is 5.41 Å². The third kappa shape index (κ3) is 10.9. The molecule has 14 rings (SSSR count). The van der Waals surface area contributed by atoms with Gasteiger partial charge in [-0.3, -0.25) is 5.32 Å². The lowest BCUT2D eigenvalue weighted by Crippen LogP contribution is -2.74. The van der Waals surface area contributed by atoms with Crippen LogP contribution in [0.25, 0.3) is 90.3 Å². The Bertz CT molecular complexity index is 4350. The monoisotopic (exact) mass is 1110 g/mol. The van der Waals surface area contributed by atoms with Crippen molar-refractivity contribution in [2.45, 2.75) is 37.5 Å². The van der Waals surface area contributed by atoms with E-state index >= 15 is 0 Å². The fourth-order valence-corrected chi connectivity index (χ4v) is 12.4. The Labute approximate surface area is 502 Å². The zero-order chi connectivity index (χ0) is 57.7. The van der Waals surface area contributed by atoms with Crippen molar-refractivity contribution in [1.29, 1.82) is 5.41 Å². The molecule has 0 atom stereocenters. The van der Waals surface area contributed by atoms with Crippen molar-refractivity contribution < 1.29 is 5.32 Å². The third-order valence-corrected chi connectivity index (χ3v) is 16.7. The molecule has 1 aliphatic carbocycles. The average Bonchev–Trinajstić information content (AvgIpc) is 2.94. The zero-order valence-electron chi connectivity index (χ0n) is 47.7. The van der Waals surface area contributed by atoms with Gasteiger partial charge in [0.1, 0.15) is 11.4 Å². The van der Waals surface area contributed by atoms with Gasteiger partial charge in [0.15, 0.2) is 0 Å². The number of nitrogens with zero attached hydrogens (tertiary/aromatic N) is 6. The van der Waals surface area contributed by atoms with Crippen LogP contribution in [0.15, 0.2) is 303 Å². The van der Waals surface area contributed by atoms with Crippen LogP contribution < -0.4 is 5.32 Å². The minimum absolute atomic E-state index is 0.434. The summed E-state index contributed by atoms with van der Waals surface area (Å²) >= 11 is 0. The Hall–Kier alpha value is -10.8. The standard InChI is InChI=1S/C78H62N8/c79-70(56-28-10-1-11-29-56)52-71(57-30-12-2-13-31-57)80-66-46-64(47-67(50-66)84-75(61-38-20-6-21-39-61)53-72(81-84)58-32-14-3-15-33-58)78(44-26-9-27-45-78)65-48-68(85-76(62-40-22-7-23-41-62)54-73(82-85)59-34-16-4-17-35-59)51-69(49-65)86-77(63-42-24-8-25-43-63)55-74(83-86)60-36-18-5-19-37-60/h1-8,10-25,28-43,46-55,79-80H,9,26-27,44-45H2/p+1. The number of benzene rings is 10. The average molecular weight is 1110 g/mol. The van der Waals surface area contributed by atoms with E-state index in [0.717, 1.165) is 139 Å². The van der Waals surface area contributed by atoms with Crippen molar-refractivity contribution in [2.24, 2.45) is 0 Å². The summed E-state index contributed by atoms with van der Waals surface area (Å²) in [5, 5.41) is 28.4. The van der Waals surface area contributed by atoms with Crippen molar-refractivity contribution in [3.8, 4) is 84.6 Å². The fraction of sp³-hybridized carbons (Fsp3) is 0.0769. The summed E-state index contributed by atoms with van der Waals surface area (Å²) in [7, 11) is 0.